The molecule has 0 radical (unpaired) electrons. The fourth-order valence-corrected chi connectivity index (χ4v) is 9.80. The summed E-state index contributed by atoms with van der Waals surface area (Å²) in [6.45, 7) is 8.45. The molecule has 6 atom stereocenters. The molecule has 14 nitrogen and oxygen atoms in total. The van der Waals surface area contributed by atoms with Crippen molar-refractivity contribution >= 4 is 45.8 Å². The summed E-state index contributed by atoms with van der Waals surface area (Å²) in [5.41, 5.74) is 5.38. The fraction of sp³-hybridized carbons (Fsp3) is 0.333. The van der Waals surface area contributed by atoms with Crippen LogP contribution in [0.15, 0.2) is 97.2 Å². The number of nitrogens with zero attached hydrogens (tertiary/aromatic N) is 4. The third-order valence-electron chi connectivity index (χ3n) is 12.9. The molecule has 15 heteroatoms. The number of aromatic nitrogens is 4. The lowest BCUT2D eigenvalue weighted by atomic mass is 9.96. The van der Waals surface area contributed by atoms with Crippen molar-refractivity contribution in [2.75, 3.05) is 20.8 Å². The number of benzene rings is 4. The average molecular weight is 853 g/mol. The van der Waals surface area contributed by atoms with Crippen LogP contribution in [0.1, 0.15) is 74.9 Å². The molecular weight excluding hydrogens is 804 g/mol. The average Bonchev–Trinajstić information content (AvgIpc) is 4.16. The van der Waals surface area contributed by atoms with E-state index >= 15 is 4.39 Å². The van der Waals surface area contributed by atoms with Gasteiger partial charge in [-0.15, -0.1) is 0 Å². The van der Waals surface area contributed by atoms with Crippen molar-refractivity contribution in [3.63, 3.8) is 0 Å². The van der Waals surface area contributed by atoms with Crippen LogP contribution >= 0.6 is 0 Å². The number of aromatic amines is 2. The number of rotatable bonds is 10. The minimum absolute atomic E-state index is 0.00900. The number of carbonyl (C=O) groups excluding carboxylic acids is 4. The summed E-state index contributed by atoms with van der Waals surface area (Å²) >= 11 is 0. The number of imidazole rings is 2. The molecule has 0 spiro atoms. The second-order valence-corrected chi connectivity index (χ2v) is 17.0. The van der Waals surface area contributed by atoms with Gasteiger partial charge in [-0.2, -0.15) is 0 Å². The molecule has 4 amide bonds. The van der Waals surface area contributed by atoms with Crippen LogP contribution < -0.4 is 10.6 Å². The first-order valence-corrected chi connectivity index (χ1v) is 21.3. The van der Waals surface area contributed by atoms with Gasteiger partial charge in [-0.05, 0) is 89.4 Å². The number of carbonyl (C=O) groups is 4. The topological polar surface area (TPSA) is 175 Å². The van der Waals surface area contributed by atoms with E-state index in [1.807, 2.05) is 73.3 Å². The van der Waals surface area contributed by atoms with Gasteiger partial charge in [0, 0.05) is 23.5 Å². The van der Waals surface area contributed by atoms with E-state index < -0.39 is 36.1 Å². The van der Waals surface area contributed by atoms with E-state index in [1.54, 1.807) is 29.3 Å². The van der Waals surface area contributed by atoms with Crippen LogP contribution in [0.3, 0.4) is 0 Å². The number of methoxy groups -OCH3 is 2. The quantitative estimate of drug-likeness (QED) is 0.0997. The van der Waals surface area contributed by atoms with Crippen molar-refractivity contribution in [2.24, 2.45) is 11.8 Å². The molecule has 4 N–H and O–H groups in total. The van der Waals surface area contributed by atoms with Crippen LogP contribution in [0.2, 0.25) is 0 Å². The van der Waals surface area contributed by atoms with Crippen molar-refractivity contribution in [1.29, 1.82) is 0 Å². The number of alkyl carbamates (subject to hydrolysis) is 2. The van der Waals surface area contributed by atoms with Crippen LogP contribution in [0.5, 0.6) is 0 Å². The maximum Gasteiger partial charge on any atom is 0.407 e. The second-order valence-electron chi connectivity index (χ2n) is 17.0. The van der Waals surface area contributed by atoms with E-state index in [0.717, 1.165) is 52.2 Å². The van der Waals surface area contributed by atoms with Crippen molar-refractivity contribution in [1.82, 2.24) is 40.4 Å². The number of H-pyrrole nitrogens is 2. The van der Waals surface area contributed by atoms with Crippen LogP contribution in [-0.2, 0) is 19.1 Å². The highest BCUT2D eigenvalue weighted by molar-refractivity contribution is 6.05. The summed E-state index contributed by atoms with van der Waals surface area (Å²) in [6, 6.07) is 21.5. The molecule has 324 valence electrons. The first-order chi connectivity index (χ1) is 30.4. The highest BCUT2D eigenvalue weighted by Crippen LogP contribution is 2.51. The first-order valence-electron chi connectivity index (χ1n) is 21.3. The molecule has 2 aliphatic heterocycles. The number of nitrogens with one attached hydrogen (secondary N) is 4. The fourth-order valence-electron chi connectivity index (χ4n) is 9.80. The minimum atomic E-state index is -0.944. The summed E-state index contributed by atoms with van der Waals surface area (Å²) < 4.78 is 25.8. The molecule has 2 aromatic heterocycles. The van der Waals surface area contributed by atoms with E-state index in [1.165, 1.54) is 20.3 Å². The zero-order valence-corrected chi connectivity index (χ0v) is 35.5. The van der Waals surface area contributed by atoms with Gasteiger partial charge in [0.1, 0.15) is 35.6 Å². The van der Waals surface area contributed by atoms with E-state index in [9.17, 15) is 19.2 Å². The third-order valence-corrected chi connectivity index (χ3v) is 12.9. The van der Waals surface area contributed by atoms with Gasteiger partial charge < -0.3 is 39.9 Å². The van der Waals surface area contributed by atoms with Gasteiger partial charge in [0.05, 0.1) is 43.2 Å². The molecule has 6 aromatic rings. The highest BCUT2D eigenvalue weighted by Gasteiger charge is 2.51. The molecule has 3 fully saturated rings. The summed E-state index contributed by atoms with van der Waals surface area (Å²) in [4.78, 5) is 72.6. The lowest BCUT2D eigenvalue weighted by molar-refractivity contribution is -0.138. The third kappa shape index (κ3) is 7.55. The van der Waals surface area contributed by atoms with E-state index in [4.69, 9.17) is 19.4 Å². The number of halogens is 1. The van der Waals surface area contributed by atoms with Gasteiger partial charge in [0.25, 0.3) is 5.91 Å². The number of fused-ring (bicyclic) bond motifs is 5. The Labute approximate surface area is 363 Å². The Morgan fingerprint density at radius 2 is 1.62 bits per heavy atom. The summed E-state index contributed by atoms with van der Waals surface area (Å²) in [7, 11) is 2.53. The molecule has 4 heterocycles. The van der Waals surface area contributed by atoms with Crippen molar-refractivity contribution in [3.8, 4) is 22.4 Å². The zero-order chi connectivity index (χ0) is 44.1. The number of amides is 4. The molecule has 9 rings (SSSR count). The zero-order valence-electron chi connectivity index (χ0n) is 35.5. The second kappa shape index (κ2) is 16.7. The number of ether oxygens (including phenoxy) is 2. The monoisotopic (exact) mass is 852 g/mol. The molecule has 1 aliphatic carbocycles. The molecule has 63 heavy (non-hydrogen) atoms. The van der Waals surface area contributed by atoms with E-state index in [-0.39, 0.29) is 35.7 Å². The van der Waals surface area contributed by atoms with Crippen LogP contribution in [0.25, 0.3) is 44.2 Å². The van der Waals surface area contributed by atoms with Crippen molar-refractivity contribution < 1.29 is 33.0 Å². The Hall–Kier alpha value is -7.03. The Kier molecular flexibility index (Phi) is 10.9. The first kappa shape index (κ1) is 41.3. The van der Waals surface area contributed by atoms with Crippen LogP contribution in [0.4, 0.5) is 14.0 Å². The van der Waals surface area contributed by atoms with Gasteiger partial charge in [-0.3, -0.25) is 9.59 Å². The molecule has 1 unspecified atom stereocenters. The largest absolute Gasteiger partial charge is 0.453 e. The summed E-state index contributed by atoms with van der Waals surface area (Å²) in [6.07, 6.45) is 3.45. The van der Waals surface area contributed by atoms with Crippen molar-refractivity contribution in [2.45, 2.75) is 69.7 Å². The lowest BCUT2D eigenvalue weighted by Gasteiger charge is -2.36. The van der Waals surface area contributed by atoms with Gasteiger partial charge in [0.2, 0.25) is 5.91 Å². The molecule has 3 aliphatic rings. The SMILES string of the molecule is C=C1CCN(C(=O)[C@@H](NC(=O)OC)C(C)C)[C@@H]1c1nc2ccc3cc(-c4ccc(-c5cnc(C6[C@H]7CC[C@H](C7)N6C(=O)[C@H](NC(=O)OC)c6ccccc6)[nH]5)c(F)c4)ccc3c2[nH]1. The van der Waals surface area contributed by atoms with E-state index in [0.29, 0.717) is 47.0 Å². The number of hydrogen-bond acceptors (Lipinski definition) is 8. The molecule has 1 saturated carbocycles. The molecule has 2 saturated heterocycles. The molecule has 4 aromatic carbocycles. The molecule has 2 bridgehead atoms. The van der Waals surface area contributed by atoms with Crippen LogP contribution in [0, 0.1) is 17.7 Å². The van der Waals surface area contributed by atoms with Gasteiger partial charge in [-0.1, -0.05) is 75.0 Å². The Morgan fingerprint density at radius 3 is 2.37 bits per heavy atom. The van der Waals surface area contributed by atoms with Crippen molar-refractivity contribution in [3.05, 3.63) is 120 Å². The van der Waals surface area contributed by atoms with Gasteiger partial charge in [0.15, 0.2) is 0 Å². The van der Waals surface area contributed by atoms with Gasteiger partial charge >= 0.3 is 12.2 Å². The maximum absolute atomic E-state index is 16.1. The Bertz CT molecular complexity index is 2770. The van der Waals surface area contributed by atoms with Gasteiger partial charge in [-0.25, -0.2) is 23.9 Å². The maximum atomic E-state index is 16.1. The lowest BCUT2D eigenvalue weighted by Crippen LogP contribution is -2.51. The predicted molar refractivity (Wildman–Crippen MR) is 234 cm³/mol. The number of piperidine rings is 1. The number of likely N-dealkylation sites (tertiary alicyclic amines) is 2. The standard InChI is InChI=1S/C48H49FN8O6/c1-25(2)38(54-47(60)62-4)45(58)56-20-19-26(3)41(56)44-51-36-18-14-30-21-28(12-16-33(30)40(36)53-44)29-13-17-34(35(49)23-29)37-24-50-43(52-37)42-31-11-15-32(22-31)57(42)46(59)39(55-48(61)63-5)27-9-7-6-8-10-27/h6-10,12-14,16-18,21,23-25,31-32,38-39,41-42H,3,11,15,19-20,22H2,1-2,4-5H3,(H,50,52)(H,51,53)(H,54,60)(H,55,61)/t31-,32+,38-,39+,41-,42?/m0/s1. The normalized spacial score (nSPS) is 20.4. The Balaban J connectivity index is 0.956. The van der Waals surface area contributed by atoms with E-state index in [2.05, 4.69) is 27.2 Å². The smallest absolute Gasteiger partial charge is 0.407 e. The minimum Gasteiger partial charge on any atom is -0.453 e. The number of hydrogen-bond donors (Lipinski definition) is 4. The summed E-state index contributed by atoms with van der Waals surface area (Å²) in [5, 5.41) is 7.24. The Morgan fingerprint density at radius 1 is 0.873 bits per heavy atom. The molecular formula is C48H49FN8O6. The van der Waals surface area contributed by atoms with Crippen LogP contribution in [-0.4, -0.2) is 86.6 Å². The highest BCUT2D eigenvalue weighted by atomic mass is 19.1. The predicted octanol–water partition coefficient (Wildman–Crippen LogP) is 8.27. The summed E-state index contributed by atoms with van der Waals surface area (Å²) in [5.74, 6) is 0.249.